The van der Waals surface area contributed by atoms with E-state index in [4.69, 9.17) is 4.74 Å². The second-order valence-corrected chi connectivity index (χ2v) is 6.12. The molecule has 2 N–H and O–H groups in total. The molecule has 6 nitrogen and oxygen atoms in total. The Morgan fingerprint density at radius 3 is 2.26 bits per heavy atom. The van der Waals surface area contributed by atoms with Gasteiger partial charge in [-0.1, -0.05) is 0 Å². The normalized spacial score (nSPS) is 11.6. The topological polar surface area (TPSA) is 70.7 Å². The van der Waals surface area contributed by atoms with Gasteiger partial charge in [0.1, 0.15) is 0 Å². The molecule has 0 aromatic heterocycles. The van der Waals surface area contributed by atoms with E-state index in [-0.39, 0.29) is 0 Å². The molecule has 1 aromatic rings. The summed E-state index contributed by atoms with van der Waals surface area (Å²) < 4.78 is 31.8. The predicted molar refractivity (Wildman–Crippen MR) is 77.7 cm³/mol. The minimum Gasteiger partial charge on any atom is -0.385 e. The molecule has 19 heavy (non-hydrogen) atoms. The van der Waals surface area contributed by atoms with Crippen molar-refractivity contribution in [3.63, 3.8) is 0 Å². The summed E-state index contributed by atoms with van der Waals surface area (Å²) in [7, 11) is 1.19. The third-order valence-electron chi connectivity index (χ3n) is 2.47. The largest absolute Gasteiger partial charge is 0.385 e. The lowest BCUT2D eigenvalue weighted by molar-refractivity contribution is 0.198. The van der Waals surface area contributed by atoms with E-state index in [0.717, 1.165) is 23.0 Å². The molecule has 7 heteroatoms. The zero-order valence-corrected chi connectivity index (χ0v) is 12.3. The Morgan fingerprint density at radius 2 is 1.74 bits per heavy atom. The maximum Gasteiger partial charge on any atom is 0.301 e. The first-order valence-corrected chi connectivity index (χ1v) is 7.43. The summed E-state index contributed by atoms with van der Waals surface area (Å²) in [6.07, 6.45) is 0.922. The van der Waals surface area contributed by atoms with Gasteiger partial charge in [-0.25, -0.2) is 0 Å². The van der Waals surface area contributed by atoms with E-state index in [0.29, 0.717) is 12.3 Å². The number of ether oxygens (including phenoxy) is 1. The number of hydrogen-bond donors (Lipinski definition) is 2. The standard InChI is InChI=1S/C12H21N3O3S/c1-15(2)19(16,17)14-12-7-5-11(6-8-12)13-9-4-10-18-3/h5-8,13-14H,4,9-10H2,1-3H3. The van der Waals surface area contributed by atoms with Crippen LogP contribution in [0.25, 0.3) is 0 Å². The minimum absolute atomic E-state index is 0.538. The number of hydrogen-bond acceptors (Lipinski definition) is 4. The summed E-state index contributed by atoms with van der Waals surface area (Å²) in [4.78, 5) is 0. The Balaban J connectivity index is 2.52. The average Bonchev–Trinajstić information content (AvgIpc) is 2.36. The lowest BCUT2D eigenvalue weighted by Gasteiger charge is -2.13. The highest BCUT2D eigenvalue weighted by Gasteiger charge is 2.12. The van der Waals surface area contributed by atoms with Crippen molar-refractivity contribution in [2.75, 3.05) is 44.4 Å². The molecule has 0 aliphatic rings. The van der Waals surface area contributed by atoms with Crippen LogP contribution in [0, 0.1) is 0 Å². The highest BCUT2D eigenvalue weighted by Crippen LogP contribution is 2.15. The van der Waals surface area contributed by atoms with Crippen LogP contribution in [0.15, 0.2) is 24.3 Å². The van der Waals surface area contributed by atoms with Crippen molar-refractivity contribution in [3.8, 4) is 0 Å². The molecular formula is C12H21N3O3S. The van der Waals surface area contributed by atoms with Gasteiger partial charge in [-0.2, -0.15) is 12.7 Å². The summed E-state index contributed by atoms with van der Waals surface area (Å²) in [5, 5.41) is 3.22. The van der Waals surface area contributed by atoms with Gasteiger partial charge in [0, 0.05) is 45.7 Å². The van der Waals surface area contributed by atoms with Crippen LogP contribution in [-0.4, -0.2) is 47.1 Å². The van der Waals surface area contributed by atoms with Gasteiger partial charge < -0.3 is 10.1 Å². The van der Waals surface area contributed by atoms with Gasteiger partial charge in [-0.15, -0.1) is 0 Å². The lowest BCUT2D eigenvalue weighted by atomic mass is 10.3. The third kappa shape index (κ3) is 5.46. The first kappa shape index (κ1) is 15.7. The molecule has 0 bridgehead atoms. The summed E-state index contributed by atoms with van der Waals surface area (Å²) >= 11 is 0. The van der Waals surface area contributed by atoms with Gasteiger partial charge in [0.05, 0.1) is 0 Å². The molecule has 0 amide bonds. The first-order chi connectivity index (χ1) is 8.95. The zero-order valence-electron chi connectivity index (χ0n) is 11.5. The lowest BCUT2D eigenvalue weighted by Crippen LogP contribution is -2.28. The number of methoxy groups -OCH3 is 1. The van der Waals surface area contributed by atoms with Crippen LogP contribution < -0.4 is 10.0 Å². The maximum atomic E-state index is 11.6. The van der Waals surface area contributed by atoms with Crippen molar-refractivity contribution in [2.45, 2.75) is 6.42 Å². The summed E-state index contributed by atoms with van der Waals surface area (Å²) in [5.41, 5.74) is 1.49. The van der Waals surface area contributed by atoms with Crippen molar-refractivity contribution in [2.24, 2.45) is 0 Å². The van der Waals surface area contributed by atoms with Crippen LogP contribution >= 0.6 is 0 Å². The molecule has 108 valence electrons. The molecule has 0 atom stereocenters. The molecule has 0 saturated heterocycles. The molecule has 0 radical (unpaired) electrons. The third-order valence-corrected chi connectivity index (χ3v) is 3.92. The van der Waals surface area contributed by atoms with Crippen molar-refractivity contribution >= 4 is 21.6 Å². The zero-order chi connectivity index (χ0) is 14.3. The number of anilines is 2. The molecule has 1 rings (SSSR count). The molecule has 0 unspecified atom stereocenters. The Morgan fingerprint density at radius 1 is 1.16 bits per heavy atom. The van der Waals surface area contributed by atoms with Crippen molar-refractivity contribution < 1.29 is 13.2 Å². The summed E-state index contributed by atoms with van der Waals surface area (Å²) in [5.74, 6) is 0. The van der Waals surface area contributed by atoms with E-state index < -0.39 is 10.2 Å². The number of nitrogens with zero attached hydrogens (tertiary/aromatic N) is 1. The number of rotatable bonds is 8. The highest BCUT2D eigenvalue weighted by molar-refractivity contribution is 7.90. The van der Waals surface area contributed by atoms with Crippen LogP contribution in [0.4, 0.5) is 11.4 Å². The van der Waals surface area contributed by atoms with Gasteiger partial charge in [0.25, 0.3) is 0 Å². The van der Waals surface area contributed by atoms with E-state index in [1.807, 2.05) is 12.1 Å². The fourth-order valence-corrected chi connectivity index (χ4v) is 1.96. The Kier molecular flexibility index (Phi) is 6.07. The smallest absolute Gasteiger partial charge is 0.301 e. The summed E-state index contributed by atoms with van der Waals surface area (Å²) in [6.45, 7) is 1.53. The van der Waals surface area contributed by atoms with Crippen molar-refractivity contribution in [1.29, 1.82) is 0 Å². The maximum absolute atomic E-state index is 11.6. The molecule has 0 heterocycles. The van der Waals surface area contributed by atoms with E-state index in [2.05, 4.69) is 10.0 Å². The van der Waals surface area contributed by atoms with Crippen LogP contribution in [0.5, 0.6) is 0 Å². The Labute approximate surface area is 114 Å². The Hall–Kier alpha value is -1.31. The molecule has 0 aliphatic carbocycles. The SMILES string of the molecule is COCCCNc1ccc(NS(=O)(=O)N(C)C)cc1. The average molecular weight is 287 g/mol. The van der Waals surface area contributed by atoms with Gasteiger partial charge in [-0.3, -0.25) is 4.72 Å². The van der Waals surface area contributed by atoms with Crippen molar-refractivity contribution in [1.82, 2.24) is 4.31 Å². The van der Waals surface area contributed by atoms with Crippen LogP contribution in [0.3, 0.4) is 0 Å². The van der Waals surface area contributed by atoms with Crippen molar-refractivity contribution in [3.05, 3.63) is 24.3 Å². The van der Waals surface area contributed by atoms with E-state index >= 15 is 0 Å². The minimum atomic E-state index is -3.44. The second kappa shape index (κ2) is 7.32. The van der Waals surface area contributed by atoms with Gasteiger partial charge in [0.15, 0.2) is 0 Å². The number of benzene rings is 1. The monoisotopic (exact) mass is 287 g/mol. The molecule has 0 fully saturated rings. The van der Waals surface area contributed by atoms with Gasteiger partial charge in [0.2, 0.25) is 0 Å². The Bertz CT molecular complexity index is 471. The molecule has 0 saturated carbocycles. The molecule has 1 aromatic carbocycles. The van der Waals surface area contributed by atoms with Crippen LogP contribution in [0.2, 0.25) is 0 Å². The van der Waals surface area contributed by atoms with Gasteiger partial charge in [-0.05, 0) is 30.7 Å². The fraction of sp³-hybridized carbons (Fsp3) is 0.500. The van der Waals surface area contributed by atoms with Crippen LogP contribution in [0.1, 0.15) is 6.42 Å². The second-order valence-electron chi connectivity index (χ2n) is 4.24. The molecular weight excluding hydrogens is 266 g/mol. The highest BCUT2D eigenvalue weighted by atomic mass is 32.2. The van der Waals surface area contributed by atoms with E-state index in [9.17, 15) is 8.42 Å². The predicted octanol–water partition coefficient (Wildman–Crippen LogP) is 1.35. The van der Waals surface area contributed by atoms with E-state index in [1.165, 1.54) is 14.1 Å². The van der Waals surface area contributed by atoms with E-state index in [1.54, 1.807) is 19.2 Å². The molecule has 0 spiro atoms. The first-order valence-electron chi connectivity index (χ1n) is 5.99. The number of nitrogens with one attached hydrogen (secondary N) is 2. The molecule has 0 aliphatic heterocycles. The van der Waals surface area contributed by atoms with Crippen LogP contribution in [-0.2, 0) is 14.9 Å². The van der Waals surface area contributed by atoms with Gasteiger partial charge >= 0.3 is 10.2 Å². The summed E-state index contributed by atoms with van der Waals surface area (Å²) in [6, 6.07) is 7.11. The quantitative estimate of drug-likeness (QED) is 0.708. The fourth-order valence-electron chi connectivity index (χ4n) is 1.35.